The van der Waals surface area contributed by atoms with E-state index < -0.39 is 0 Å². The van der Waals surface area contributed by atoms with E-state index in [2.05, 4.69) is 17.7 Å². The minimum Gasteiger partial charge on any atom is -0.323 e. The molecular weight excluding hydrogens is 198 g/mol. The molecule has 3 rings (SSSR count). The smallest absolute Gasteiger partial charge is 0.0659 e. The Kier molecular flexibility index (Phi) is 2.51. The third-order valence-electron chi connectivity index (χ3n) is 3.95. The average molecular weight is 219 g/mol. The lowest BCUT2D eigenvalue weighted by atomic mass is 9.85. The van der Waals surface area contributed by atoms with Gasteiger partial charge in [-0.2, -0.15) is 5.10 Å². The van der Waals surface area contributed by atoms with Gasteiger partial charge in [-0.05, 0) is 44.6 Å². The maximum absolute atomic E-state index is 6.02. The summed E-state index contributed by atoms with van der Waals surface area (Å²) in [6, 6.07) is 2.35. The van der Waals surface area contributed by atoms with Gasteiger partial charge in [0.15, 0.2) is 0 Å². The van der Waals surface area contributed by atoms with Crippen molar-refractivity contribution in [1.82, 2.24) is 9.78 Å². The van der Waals surface area contributed by atoms with Crippen molar-refractivity contribution in [3.05, 3.63) is 17.5 Å². The van der Waals surface area contributed by atoms with Gasteiger partial charge in [-0.1, -0.05) is 6.42 Å². The van der Waals surface area contributed by atoms with Crippen molar-refractivity contribution in [2.45, 2.75) is 57.5 Å². The van der Waals surface area contributed by atoms with E-state index in [1.807, 2.05) is 0 Å². The first-order valence-electron chi connectivity index (χ1n) is 6.57. The molecule has 2 aliphatic carbocycles. The fourth-order valence-corrected chi connectivity index (χ4v) is 2.46. The van der Waals surface area contributed by atoms with E-state index in [0.717, 1.165) is 18.4 Å². The molecule has 3 heteroatoms. The van der Waals surface area contributed by atoms with Crippen LogP contribution in [0.15, 0.2) is 6.07 Å². The highest BCUT2D eigenvalue weighted by Crippen LogP contribution is 2.40. The van der Waals surface area contributed by atoms with Crippen LogP contribution in [0.25, 0.3) is 0 Å². The fourth-order valence-electron chi connectivity index (χ4n) is 2.46. The van der Waals surface area contributed by atoms with Gasteiger partial charge in [0.25, 0.3) is 0 Å². The molecule has 3 nitrogen and oxygen atoms in total. The van der Waals surface area contributed by atoms with Gasteiger partial charge in [0.1, 0.15) is 0 Å². The lowest BCUT2D eigenvalue weighted by Gasteiger charge is -2.26. The summed E-state index contributed by atoms with van der Waals surface area (Å²) in [6.45, 7) is 3.15. The Bertz CT molecular complexity index is 373. The lowest BCUT2D eigenvalue weighted by Crippen LogP contribution is -2.22. The number of nitrogens with zero attached hydrogens (tertiary/aromatic N) is 2. The number of aromatic nitrogens is 2. The van der Waals surface area contributed by atoms with Gasteiger partial charge in [-0.25, -0.2) is 0 Å². The van der Waals surface area contributed by atoms with E-state index in [-0.39, 0.29) is 6.04 Å². The van der Waals surface area contributed by atoms with E-state index in [4.69, 9.17) is 10.8 Å². The van der Waals surface area contributed by atoms with Crippen LogP contribution < -0.4 is 5.73 Å². The monoisotopic (exact) mass is 219 g/mol. The Hall–Kier alpha value is -0.830. The van der Waals surface area contributed by atoms with E-state index in [0.29, 0.717) is 0 Å². The third-order valence-corrected chi connectivity index (χ3v) is 3.95. The molecule has 2 saturated carbocycles. The molecule has 0 spiro atoms. The van der Waals surface area contributed by atoms with Gasteiger partial charge >= 0.3 is 0 Å². The van der Waals surface area contributed by atoms with Gasteiger partial charge in [0.05, 0.1) is 11.4 Å². The van der Waals surface area contributed by atoms with Crippen LogP contribution in [0.4, 0.5) is 0 Å². The summed E-state index contributed by atoms with van der Waals surface area (Å²) in [7, 11) is 0. The summed E-state index contributed by atoms with van der Waals surface area (Å²) < 4.78 is 2.18. The summed E-state index contributed by atoms with van der Waals surface area (Å²) in [5, 5.41) is 4.75. The first-order chi connectivity index (χ1) is 7.74. The standard InChI is InChI=1S/C13H21N3/c1-9(14)13-7-12(11-5-6-11)15-16(13)8-10-3-2-4-10/h7,9-11H,2-6,8,14H2,1H3. The predicted molar refractivity (Wildman–Crippen MR) is 64.1 cm³/mol. The highest BCUT2D eigenvalue weighted by Gasteiger charge is 2.28. The summed E-state index contributed by atoms with van der Waals surface area (Å²) >= 11 is 0. The Morgan fingerprint density at radius 3 is 2.69 bits per heavy atom. The lowest BCUT2D eigenvalue weighted by molar-refractivity contribution is 0.261. The zero-order valence-corrected chi connectivity index (χ0v) is 10.0. The highest BCUT2D eigenvalue weighted by atomic mass is 15.3. The molecule has 2 aliphatic rings. The zero-order valence-electron chi connectivity index (χ0n) is 10.0. The Labute approximate surface area is 97.0 Å². The molecule has 0 amide bonds. The zero-order chi connectivity index (χ0) is 11.1. The normalized spacial score (nSPS) is 23.1. The predicted octanol–water partition coefficient (Wildman–Crippen LogP) is 2.58. The van der Waals surface area contributed by atoms with Crippen molar-refractivity contribution < 1.29 is 0 Å². The first-order valence-corrected chi connectivity index (χ1v) is 6.57. The van der Waals surface area contributed by atoms with Crippen molar-refractivity contribution in [1.29, 1.82) is 0 Å². The number of rotatable bonds is 4. The van der Waals surface area contributed by atoms with Crippen molar-refractivity contribution in [3.63, 3.8) is 0 Å². The summed E-state index contributed by atoms with van der Waals surface area (Å²) in [5.74, 6) is 1.59. The van der Waals surface area contributed by atoms with Gasteiger partial charge in [0, 0.05) is 18.5 Å². The molecule has 1 aromatic heterocycles. The summed E-state index contributed by atoms with van der Waals surface area (Å²) in [5.41, 5.74) is 8.54. The summed E-state index contributed by atoms with van der Waals surface area (Å²) in [4.78, 5) is 0. The van der Waals surface area contributed by atoms with E-state index in [1.54, 1.807) is 0 Å². The van der Waals surface area contributed by atoms with Gasteiger partial charge < -0.3 is 5.73 Å². The van der Waals surface area contributed by atoms with E-state index in [1.165, 1.54) is 43.5 Å². The Balaban J connectivity index is 1.81. The van der Waals surface area contributed by atoms with E-state index >= 15 is 0 Å². The molecule has 1 atom stereocenters. The number of hydrogen-bond acceptors (Lipinski definition) is 2. The third kappa shape index (κ3) is 1.88. The van der Waals surface area contributed by atoms with Crippen LogP contribution >= 0.6 is 0 Å². The largest absolute Gasteiger partial charge is 0.323 e. The van der Waals surface area contributed by atoms with Crippen LogP contribution in [0, 0.1) is 5.92 Å². The van der Waals surface area contributed by atoms with Crippen LogP contribution in [0.5, 0.6) is 0 Å². The minimum absolute atomic E-state index is 0.111. The van der Waals surface area contributed by atoms with Crippen molar-refractivity contribution in [3.8, 4) is 0 Å². The van der Waals surface area contributed by atoms with Crippen molar-refractivity contribution in [2.24, 2.45) is 11.7 Å². The molecule has 0 radical (unpaired) electrons. The van der Waals surface area contributed by atoms with Crippen LogP contribution in [0.3, 0.4) is 0 Å². The molecule has 0 aromatic carbocycles. The second-order valence-corrected chi connectivity index (χ2v) is 5.54. The number of hydrogen-bond donors (Lipinski definition) is 1. The topological polar surface area (TPSA) is 43.8 Å². The molecule has 0 aliphatic heterocycles. The molecule has 88 valence electrons. The maximum atomic E-state index is 6.02. The molecule has 0 saturated heterocycles. The molecular formula is C13H21N3. The second kappa shape index (κ2) is 3.88. The number of nitrogens with two attached hydrogens (primary N) is 1. The maximum Gasteiger partial charge on any atom is 0.0659 e. The quantitative estimate of drug-likeness (QED) is 0.845. The molecule has 16 heavy (non-hydrogen) atoms. The van der Waals surface area contributed by atoms with E-state index in [9.17, 15) is 0 Å². The van der Waals surface area contributed by atoms with Gasteiger partial charge in [0.2, 0.25) is 0 Å². The Morgan fingerprint density at radius 2 is 2.19 bits per heavy atom. The van der Waals surface area contributed by atoms with Crippen molar-refractivity contribution in [2.75, 3.05) is 0 Å². The fraction of sp³-hybridized carbons (Fsp3) is 0.769. The highest BCUT2D eigenvalue weighted by molar-refractivity contribution is 5.20. The molecule has 2 fully saturated rings. The van der Waals surface area contributed by atoms with Crippen molar-refractivity contribution >= 4 is 0 Å². The van der Waals surface area contributed by atoms with Gasteiger partial charge in [-0.3, -0.25) is 4.68 Å². The van der Waals surface area contributed by atoms with Crippen LogP contribution in [0.1, 0.15) is 62.4 Å². The van der Waals surface area contributed by atoms with Crippen LogP contribution in [0.2, 0.25) is 0 Å². The van der Waals surface area contributed by atoms with Gasteiger partial charge in [-0.15, -0.1) is 0 Å². The molecule has 1 heterocycles. The Morgan fingerprint density at radius 1 is 1.44 bits per heavy atom. The summed E-state index contributed by atoms with van der Waals surface area (Å²) in [6.07, 6.45) is 6.78. The average Bonchev–Trinajstić information content (AvgIpc) is 2.93. The SMILES string of the molecule is CC(N)c1cc(C2CC2)nn1CC1CCC1. The molecule has 1 aromatic rings. The second-order valence-electron chi connectivity index (χ2n) is 5.54. The molecule has 1 unspecified atom stereocenters. The van der Waals surface area contributed by atoms with Crippen LogP contribution in [-0.2, 0) is 6.54 Å². The van der Waals surface area contributed by atoms with Crippen LogP contribution in [-0.4, -0.2) is 9.78 Å². The minimum atomic E-state index is 0.111. The molecule has 2 N–H and O–H groups in total. The first kappa shape index (κ1) is 10.3. The molecule has 0 bridgehead atoms.